The van der Waals surface area contributed by atoms with Crippen LogP contribution in [0.3, 0.4) is 0 Å². The summed E-state index contributed by atoms with van der Waals surface area (Å²) < 4.78 is 33.3. The molecular formula is C13H16BrClO5S. The van der Waals surface area contributed by atoms with Crippen molar-refractivity contribution >= 4 is 41.6 Å². The predicted molar refractivity (Wildman–Crippen MR) is 83.2 cm³/mol. The normalized spacial score (nSPS) is 11.4. The van der Waals surface area contributed by atoms with E-state index in [2.05, 4.69) is 22.9 Å². The second-order valence-corrected chi connectivity index (χ2v) is 7.70. The lowest BCUT2D eigenvalue weighted by Gasteiger charge is -2.07. The van der Waals surface area contributed by atoms with E-state index in [9.17, 15) is 13.2 Å². The third kappa shape index (κ3) is 6.78. The van der Waals surface area contributed by atoms with E-state index in [4.69, 9.17) is 20.2 Å². The molecule has 5 nitrogen and oxygen atoms in total. The average Bonchev–Trinajstić information content (AvgIpc) is 2.40. The molecule has 1 rings (SSSR count). The van der Waals surface area contributed by atoms with Crippen molar-refractivity contribution in [1.82, 2.24) is 0 Å². The van der Waals surface area contributed by atoms with E-state index in [1.807, 2.05) is 0 Å². The standard InChI is InChI=1S/C13H16BrClO5S/c1-2-3-4-19-5-6-20-13(16)10-7-11(14)9-12(8-10)21(15,17)18/h7-9H,2-6H2,1H3. The van der Waals surface area contributed by atoms with Crippen LogP contribution in [0.25, 0.3) is 0 Å². The lowest BCUT2D eigenvalue weighted by molar-refractivity contribution is 0.0313. The van der Waals surface area contributed by atoms with Crippen LogP contribution < -0.4 is 0 Å². The van der Waals surface area contributed by atoms with E-state index in [0.717, 1.165) is 12.8 Å². The summed E-state index contributed by atoms with van der Waals surface area (Å²) in [7, 11) is 1.35. The van der Waals surface area contributed by atoms with E-state index >= 15 is 0 Å². The first-order chi connectivity index (χ1) is 9.84. The minimum Gasteiger partial charge on any atom is -0.460 e. The molecule has 8 heteroatoms. The van der Waals surface area contributed by atoms with Crippen molar-refractivity contribution in [3.8, 4) is 0 Å². The monoisotopic (exact) mass is 398 g/mol. The Morgan fingerprint density at radius 2 is 1.95 bits per heavy atom. The zero-order valence-electron chi connectivity index (χ0n) is 11.5. The molecule has 0 unspecified atom stereocenters. The van der Waals surface area contributed by atoms with Crippen molar-refractivity contribution in [2.24, 2.45) is 0 Å². The second-order valence-electron chi connectivity index (χ2n) is 4.22. The number of unbranched alkanes of at least 4 members (excludes halogenated alkanes) is 1. The van der Waals surface area contributed by atoms with Gasteiger partial charge in [-0.15, -0.1) is 0 Å². The molecule has 1 aromatic carbocycles. The molecule has 0 amide bonds. The first kappa shape index (κ1) is 18.4. The van der Waals surface area contributed by atoms with Gasteiger partial charge in [-0.05, 0) is 24.6 Å². The van der Waals surface area contributed by atoms with Crippen LogP contribution in [0.2, 0.25) is 0 Å². The van der Waals surface area contributed by atoms with Gasteiger partial charge in [0.05, 0.1) is 17.1 Å². The fourth-order valence-corrected chi connectivity index (χ4v) is 2.89. The van der Waals surface area contributed by atoms with Crippen LogP contribution in [0.15, 0.2) is 27.6 Å². The van der Waals surface area contributed by atoms with Crippen molar-refractivity contribution in [2.45, 2.75) is 24.7 Å². The molecule has 0 aliphatic carbocycles. The molecule has 0 saturated heterocycles. The highest BCUT2D eigenvalue weighted by atomic mass is 79.9. The number of hydrogen-bond acceptors (Lipinski definition) is 5. The fraction of sp³-hybridized carbons (Fsp3) is 0.462. The largest absolute Gasteiger partial charge is 0.460 e. The van der Waals surface area contributed by atoms with Crippen LogP contribution in [0, 0.1) is 0 Å². The molecule has 1 aromatic rings. The third-order valence-corrected chi connectivity index (χ3v) is 4.28. The molecule has 0 radical (unpaired) electrons. The number of carbonyl (C=O) groups excluding carboxylic acids is 1. The Morgan fingerprint density at radius 3 is 2.57 bits per heavy atom. The maximum atomic E-state index is 11.8. The first-order valence-electron chi connectivity index (χ1n) is 6.34. The molecule has 0 aliphatic heterocycles. The lowest BCUT2D eigenvalue weighted by atomic mass is 10.2. The highest BCUT2D eigenvalue weighted by molar-refractivity contribution is 9.10. The molecule has 0 fully saturated rings. The van der Waals surface area contributed by atoms with E-state index in [1.54, 1.807) is 0 Å². The summed E-state index contributed by atoms with van der Waals surface area (Å²) >= 11 is 3.13. The summed E-state index contributed by atoms with van der Waals surface area (Å²) in [6, 6.07) is 3.95. The Balaban J connectivity index is 2.60. The van der Waals surface area contributed by atoms with E-state index in [-0.39, 0.29) is 17.1 Å². The summed E-state index contributed by atoms with van der Waals surface area (Å²) in [4.78, 5) is 11.7. The third-order valence-electron chi connectivity index (χ3n) is 2.49. The Bertz CT molecular complexity index is 588. The Hall–Kier alpha value is -0.630. The highest BCUT2D eigenvalue weighted by Crippen LogP contribution is 2.22. The number of hydrogen-bond donors (Lipinski definition) is 0. The predicted octanol–water partition coefficient (Wildman–Crippen LogP) is 3.35. The summed E-state index contributed by atoms with van der Waals surface area (Å²) in [6.45, 7) is 3.09. The van der Waals surface area contributed by atoms with Gasteiger partial charge in [-0.2, -0.15) is 0 Å². The van der Waals surface area contributed by atoms with Crippen LogP contribution in [0.5, 0.6) is 0 Å². The first-order valence-corrected chi connectivity index (χ1v) is 9.45. The molecule has 0 bridgehead atoms. The van der Waals surface area contributed by atoms with Crippen molar-refractivity contribution in [2.75, 3.05) is 19.8 Å². The van der Waals surface area contributed by atoms with Gasteiger partial charge in [0.25, 0.3) is 9.05 Å². The van der Waals surface area contributed by atoms with Crippen molar-refractivity contribution in [3.05, 3.63) is 28.2 Å². The molecule has 0 spiro atoms. The molecule has 0 atom stereocenters. The van der Waals surface area contributed by atoms with Crippen LogP contribution in [-0.4, -0.2) is 34.2 Å². The number of halogens is 2. The van der Waals surface area contributed by atoms with E-state index in [1.165, 1.54) is 18.2 Å². The van der Waals surface area contributed by atoms with Crippen molar-refractivity contribution in [3.63, 3.8) is 0 Å². The molecule has 0 heterocycles. The van der Waals surface area contributed by atoms with Crippen LogP contribution >= 0.6 is 26.6 Å². The van der Waals surface area contributed by atoms with Crippen LogP contribution in [0.4, 0.5) is 0 Å². The second kappa shape index (κ2) is 8.73. The number of benzene rings is 1. The molecule has 0 saturated carbocycles. The summed E-state index contributed by atoms with van der Waals surface area (Å²) in [6.07, 6.45) is 1.99. The van der Waals surface area contributed by atoms with Gasteiger partial charge in [0.1, 0.15) is 6.61 Å². The van der Waals surface area contributed by atoms with E-state index < -0.39 is 15.0 Å². The molecule has 118 valence electrons. The van der Waals surface area contributed by atoms with Gasteiger partial charge in [0.2, 0.25) is 0 Å². The maximum Gasteiger partial charge on any atom is 0.338 e. The smallest absolute Gasteiger partial charge is 0.338 e. The number of carbonyl (C=O) groups is 1. The Morgan fingerprint density at radius 1 is 1.24 bits per heavy atom. The van der Waals surface area contributed by atoms with Gasteiger partial charge >= 0.3 is 5.97 Å². The maximum absolute atomic E-state index is 11.8. The van der Waals surface area contributed by atoms with Crippen molar-refractivity contribution < 1.29 is 22.7 Å². The van der Waals surface area contributed by atoms with Gasteiger partial charge in [-0.25, -0.2) is 13.2 Å². The Labute approximate surface area is 137 Å². The fourth-order valence-electron chi connectivity index (χ4n) is 1.45. The minimum atomic E-state index is -3.91. The van der Waals surface area contributed by atoms with Crippen molar-refractivity contribution in [1.29, 1.82) is 0 Å². The summed E-state index contributed by atoms with van der Waals surface area (Å²) in [5.74, 6) is -0.628. The number of ether oxygens (including phenoxy) is 2. The highest BCUT2D eigenvalue weighted by Gasteiger charge is 2.16. The lowest BCUT2D eigenvalue weighted by Crippen LogP contribution is -2.12. The minimum absolute atomic E-state index is 0.108. The van der Waals surface area contributed by atoms with E-state index in [0.29, 0.717) is 17.7 Å². The quantitative estimate of drug-likeness (QED) is 0.381. The molecule has 0 aliphatic rings. The van der Waals surface area contributed by atoms with Gasteiger partial charge in [0, 0.05) is 21.8 Å². The summed E-state index contributed by atoms with van der Waals surface area (Å²) in [5, 5.41) is 0. The summed E-state index contributed by atoms with van der Waals surface area (Å²) in [5.41, 5.74) is 0.108. The zero-order chi connectivity index (χ0) is 15.9. The average molecular weight is 400 g/mol. The molecular weight excluding hydrogens is 384 g/mol. The van der Waals surface area contributed by atoms with Gasteiger partial charge in [-0.3, -0.25) is 0 Å². The Kier molecular flexibility index (Phi) is 7.65. The van der Waals surface area contributed by atoms with Crippen LogP contribution in [0.1, 0.15) is 30.1 Å². The zero-order valence-corrected chi connectivity index (χ0v) is 14.6. The topological polar surface area (TPSA) is 69.7 Å². The molecule has 21 heavy (non-hydrogen) atoms. The van der Waals surface area contributed by atoms with Gasteiger partial charge < -0.3 is 9.47 Å². The van der Waals surface area contributed by atoms with Gasteiger partial charge in [0.15, 0.2) is 0 Å². The molecule has 0 aromatic heterocycles. The van der Waals surface area contributed by atoms with Crippen LogP contribution in [-0.2, 0) is 18.5 Å². The number of esters is 1. The van der Waals surface area contributed by atoms with Gasteiger partial charge in [-0.1, -0.05) is 29.3 Å². The molecule has 0 N–H and O–H groups in total. The number of rotatable bonds is 8. The SMILES string of the molecule is CCCCOCCOC(=O)c1cc(Br)cc(S(=O)(=O)Cl)c1.